The van der Waals surface area contributed by atoms with Crippen LogP contribution in [-0.4, -0.2) is 26.2 Å². The van der Waals surface area contributed by atoms with Crippen LogP contribution in [-0.2, 0) is 4.74 Å². The van der Waals surface area contributed by atoms with Crippen molar-refractivity contribution in [2.45, 2.75) is 39.5 Å². The Balaban J connectivity index is 1.92. The van der Waals surface area contributed by atoms with Crippen molar-refractivity contribution in [3.8, 4) is 0 Å². The predicted molar refractivity (Wildman–Crippen MR) is 88.8 cm³/mol. The molecule has 1 aliphatic rings. The summed E-state index contributed by atoms with van der Waals surface area (Å²) in [6.07, 6.45) is 4.83. The summed E-state index contributed by atoms with van der Waals surface area (Å²) in [7, 11) is 1.76. The minimum absolute atomic E-state index is 0.311. The third-order valence-electron chi connectivity index (χ3n) is 4.61. The molecule has 0 aromatic heterocycles. The first-order valence-electron chi connectivity index (χ1n) is 7.68. The van der Waals surface area contributed by atoms with E-state index in [9.17, 15) is 0 Å². The van der Waals surface area contributed by atoms with Crippen molar-refractivity contribution >= 4 is 11.6 Å². The van der Waals surface area contributed by atoms with E-state index >= 15 is 0 Å². The minimum atomic E-state index is 0.311. The number of hydrogen-bond donors (Lipinski definition) is 2. The maximum atomic E-state index is 6.02. The lowest BCUT2D eigenvalue weighted by atomic mass is 9.67. The van der Waals surface area contributed by atoms with Gasteiger partial charge >= 0.3 is 0 Å². The SMILES string of the molecule is COCCC1(CN=C(N)Nc2ccc(C)c(C)c2)CCC1. The zero-order valence-corrected chi connectivity index (χ0v) is 13.4. The number of methoxy groups -OCH3 is 1. The lowest BCUT2D eigenvalue weighted by molar-refractivity contribution is 0.0780. The molecule has 1 aliphatic carbocycles. The molecular formula is C17H27N3O. The normalized spacial score (nSPS) is 17.4. The van der Waals surface area contributed by atoms with Crippen molar-refractivity contribution in [2.24, 2.45) is 16.1 Å². The lowest BCUT2D eigenvalue weighted by Crippen LogP contribution is -2.35. The summed E-state index contributed by atoms with van der Waals surface area (Å²) in [5.41, 5.74) is 9.86. The maximum Gasteiger partial charge on any atom is 0.193 e. The van der Waals surface area contributed by atoms with Crippen molar-refractivity contribution in [1.29, 1.82) is 0 Å². The van der Waals surface area contributed by atoms with Crippen molar-refractivity contribution in [3.05, 3.63) is 29.3 Å². The second-order valence-electron chi connectivity index (χ2n) is 6.22. The molecule has 0 aliphatic heterocycles. The van der Waals surface area contributed by atoms with Gasteiger partial charge in [-0.05, 0) is 61.8 Å². The molecule has 0 radical (unpaired) electrons. The third-order valence-corrected chi connectivity index (χ3v) is 4.61. The lowest BCUT2D eigenvalue weighted by Gasteiger charge is -2.40. The van der Waals surface area contributed by atoms with Gasteiger partial charge in [-0.3, -0.25) is 4.99 Å². The molecule has 1 saturated carbocycles. The van der Waals surface area contributed by atoms with Crippen LogP contribution in [0.1, 0.15) is 36.8 Å². The number of nitrogens with one attached hydrogen (secondary N) is 1. The Kier molecular flexibility index (Phi) is 5.23. The van der Waals surface area contributed by atoms with Crippen molar-refractivity contribution in [1.82, 2.24) is 0 Å². The van der Waals surface area contributed by atoms with Crippen LogP contribution in [0.5, 0.6) is 0 Å². The second-order valence-corrected chi connectivity index (χ2v) is 6.22. The number of nitrogens with zero attached hydrogens (tertiary/aromatic N) is 1. The fraction of sp³-hybridized carbons (Fsp3) is 0.588. The molecule has 0 heterocycles. The van der Waals surface area contributed by atoms with Crippen molar-refractivity contribution < 1.29 is 4.74 Å². The van der Waals surface area contributed by atoms with E-state index in [1.165, 1.54) is 30.4 Å². The Hall–Kier alpha value is -1.55. The Morgan fingerprint density at radius 2 is 2.10 bits per heavy atom. The molecule has 1 aromatic rings. The van der Waals surface area contributed by atoms with Crippen LogP contribution in [0, 0.1) is 19.3 Å². The van der Waals surface area contributed by atoms with E-state index in [1.807, 2.05) is 6.07 Å². The topological polar surface area (TPSA) is 59.6 Å². The van der Waals surface area contributed by atoms with Crippen LogP contribution in [0.3, 0.4) is 0 Å². The number of aryl methyl sites for hydroxylation is 2. The van der Waals surface area contributed by atoms with Gasteiger partial charge in [0.15, 0.2) is 5.96 Å². The zero-order chi connectivity index (χ0) is 15.3. The predicted octanol–water partition coefficient (Wildman–Crippen LogP) is 3.24. The average Bonchev–Trinajstić information content (AvgIpc) is 2.41. The van der Waals surface area contributed by atoms with Gasteiger partial charge < -0.3 is 15.8 Å². The first-order chi connectivity index (χ1) is 10.0. The Morgan fingerprint density at radius 1 is 1.33 bits per heavy atom. The van der Waals surface area contributed by atoms with Crippen LogP contribution in [0.2, 0.25) is 0 Å². The van der Waals surface area contributed by atoms with Crippen LogP contribution in [0.15, 0.2) is 23.2 Å². The molecule has 0 spiro atoms. The number of ether oxygens (including phenoxy) is 1. The van der Waals surface area contributed by atoms with Crippen LogP contribution in [0.25, 0.3) is 0 Å². The van der Waals surface area contributed by atoms with E-state index in [2.05, 4.69) is 36.3 Å². The highest BCUT2D eigenvalue weighted by Gasteiger charge is 2.36. The van der Waals surface area contributed by atoms with Crippen molar-refractivity contribution in [2.75, 3.05) is 25.6 Å². The van der Waals surface area contributed by atoms with Gasteiger partial charge in [0, 0.05) is 25.9 Å². The van der Waals surface area contributed by atoms with E-state index in [-0.39, 0.29) is 0 Å². The number of benzene rings is 1. The number of aliphatic imine (C=N–C) groups is 1. The molecule has 0 saturated heterocycles. The fourth-order valence-electron chi connectivity index (χ4n) is 2.74. The van der Waals surface area contributed by atoms with E-state index in [1.54, 1.807) is 7.11 Å². The molecule has 0 unspecified atom stereocenters. The first-order valence-corrected chi connectivity index (χ1v) is 7.68. The maximum absolute atomic E-state index is 6.02. The second kappa shape index (κ2) is 6.94. The van der Waals surface area contributed by atoms with Gasteiger partial charge in [0.05, 0.1) is 0 Å². The minimum Gasteiger partial charge on any atom is -0.385 e. The number of guanidine groups is 1. The molecule has 0 bridgehead atoms. The molecular weight excluding hydrogens is 262 g/mol. The standard InChI is InChI=1S/C17H27N3O/c1-13-5-6-15(11-14(13)2)20-16(18)19-12-17(7-4-8-17)9-10-21-3/h5-6,11H,4,7-10,12H2,1-3H3,(H3,18,19,20). The van der Waals surface area contributed by atoms with Gasteiger partial charge in [0.2, 0.25) is 0 Å². The Labute approximate surface area is 127 Å². The number of anilines is 1. The fourth-order valence-corrected chi connectivity index (χ4v) is 2.74. The summed E-state index contributed by atoms with van der Waals surface area (Å²) < 4.78 is 5.20. The van der Waals surface area contributed by atoms with Crippen LogP contribution < -0.4 is 11.1 Å². The molecule has 2 rings (SSSR count). The van der Waals surface area contributed by atoms with Gasteiger partial charge in [0.25, 0.3) is 0 Å². The summed E-state index contributed by atoms with van der Waals surface area (Å²) in [5, 5.41) is 3.18. The molecule has 21 heavy (non-hydrogen) atoms. The summed E-state index contributed by atoms with van der Waals surface area (Å²) >= 11 is 0. The van der Waals surface area contributed by atoms with Crippen LogP contribution >= 0.6 is 0 Å². The number of rotatable bonds is 6. The molecule has 0 atom stereocenters. The van der Waals surface area contributed by atoms with E-state index in [0.29, 0.717) is 11.4 Å². The highest BCUT2D eigenvalue weighted by atomic mass is 16.5. The third kappa shape index (κ3) is 4.21. The van der Waals surface area contributed by atoms with Gasteiger partial charge in [0.1, 0.15) is 0 Å². The molecule has 4 heteroatoms. The summed E-state index contributed by atoms with van der Waals surface area (Å²) in [5.74, 6) is 0.502. The van der Waals surface area contributed by atoms with Gasteiger partial charge in [-0.1, -0.05) is 12.5 Å². The smallest absolute Gasteiger partial charge is 0.193 e. The van der Waals surface area contributed by atoms with Gasteiger partial charge in [-0.25, -0.2) is 0 Å². The highest BCUT2D eigenvalue weighted by Crippen LogP contribution is 2.44. The Bertz CT molecular complexity index is 507. The van der Waals surface area contributed by atoms with Gasteiger partial charge in [-0.15, -0.1) is 0 Å². The molecule has 3 N–H and O–H groups in total. The summed E-state index contributed by atoms with van der Waals surface area (Å²) in [4.78, 5) is 4.55. The molecule has 116 valence electrons. The highest BCUT2D eigenvalue weighted by molar-refractivity contribution is 5.92. The monoisotopic (exact) mass is 289 g/mol. The summed E-state index contributed by atoms with van der Waals surface area (Å²) in [6.45, 7) is 5.80. The molecule has 1 fully saturated rings. The molecule has 1 aromatic carbocycles. The van der Waals surface area contributed by atoms with E-state index in [4.69, 9.17) is 10.5 Å². The van der Waals surface area contributed by atoms with E-state index in [0.717, 1.165) is 25.3 Å². The van der Waals surface area contributed by atoms with Crippen LogP contribution in [0.4, 0.5) is 5.69 Å². The summed E-state index contributed by atoms with van der Waals surface area (Å²) in [6, 6.07) is 6.23. The number of hydrogen-bond acceptors (Lipinski definition) is 2. The zero-order valence-electron chi connectivity index (χ0n) is 13.4. The quantitative estimate of drug-likeness (QED) is 0.624. The average molecular weight is 289 g/mol. The number of nitrogens with two attached hydrogens (primary N) is 1. The Morgan fingerprint density at radius 3 is 2.67 bits per heavy atom. The largest absolute Gasteiger partial charge is 0.385 e. The first kappa shape index (κ1) is 15.8. The van der Waals surface area contributed by atoms with Crippen molar-refractivity contribution in [3.63, 3.8) is 0 Å². The molecule has 4 nitrogen and oxygen atoms in total. The van der Waals surface area contributed by atoms with E-state index < -0.39 is 0 Å². The molecule has 0 amide bonds. The van der Waals surface area contributed by atoms with Gasteiger partial charge in [-0.2, -0.15) is 0 Å².